The summed E-state index contributed by atoms with van der Waals surface area (Å²) >= 11 is 0. The predicted octanol–water partition coefficient (Wildman–Crippen LogP) is 3.69. The molecule has 2 heterocycles. The van der Waals surface area contributed by atoms with Crippen molar-refractivity contribution in [3.8, 4) is 0 Å². The van der Waals surface area contributed by atoms with E-state index in [2.05, 4.69) is 30.9 Å². The Morgan fingerprint density at radius 1 is 1.05 bits per heavy atom. The molecule has 8 heteroatoms. The zero-order valence-electron chi connectivity index (χ0n) is 21.7. The number of nitrogens with zero attached hydrogens (tertiary/aromatic N) is 4. The maximum atomic E-state index is 13.7. The van der Waals surface area contributed by atoms with Crippen LogP contribution in [-0.2, 0) is 14.3 Å². The number of morpholine rings is 1. The van der Waals surface area contributed by atoms with Crippen LogP contribution >= 0.6 is 0 Å². The number of carbonyl (C=O) groups is 2. The van der Waals surface area contributed by atoms with E-state index >= 15 is 0 Å². The molecule has 0 unspecified atom stereocenters. The van der Waals surface area contributed by atoms with Crippen molar-refractivity contribution < 1.29 is 18.7 Å². The van der Waals surface area contributed by atoms with Crippen molar-refractivity contribution in [2.24, 2.45) is 11.0 Å². The van der Waals surface area contributed by atoms with Gasteiger partial charge in [0, 0.05) is 38.5 Å². The number of hydrogen-bond donors (Lipinski definition) is 0. The van der Waals surface area contributed by atoms with Crippen LogP contribution in [0.1, 0.15) is 47.6 Å². The molecule has 2 aliphatic heterocycles. The lowest BCUT2D eigenvalue weighted by atomic mass is 9.96. The molecule has 0 radical (unpaired) electrons. The summed E-state index contributed by atoms with van der Waals surface area (Å²) < 4.78 is 19.1. The van der Waals surface area contributed by atoms with Crippen molar-refractivity contribution in [3.63, 3.8) is 0 Å². The predicted molar refractivity (Wildman–Crippen MR) is 140 cm³/mol. The van der Waals surface area contributed by atoms with Crippen molar-refractivity contribution in [1.82, 2.24) is 14.8 Å². The summed E-state index contributed by atoms with van der Waals surface area (Å²) in [5.74, 6) is -0.459. The van der Waals surface area contributed by atoms with E-state index in [1.54, 1.807) is 17.0 Å². The minimum Gasteiger partial charge on any atom is -0.379 e. The summed E-state index contributed by atoms with van der Waals surface area (Å²) in [6.07, 6.45) is 2.31. The highest BCUT2D eigenvalue weighted by molar-refractivity contribution is 6.03. The zero-order valence-corrected chi connectivity index (χ0v) is 21.7. The Labute approximate surface area is 217 Å². The monoisotopic (exact) mass is 506 g/mol. The van der Waals surface area contributed by atoms with E-state index in [0.717, 1.165) is 48.3 Å². The van der Waals surface area contributed by atoms with E-state index in [9.17, 15) is 14.0 Å². The molecule has 0 aromatic heterocycles. The summed E-state index contributed by atoms with van der Waals surface area (Å²) in [6, 6.07) is 12.1. The largest absolute Gasteiger partial charge is 0.379 e. The zero-order chi connectivity index (χ0) is 25.9. The number of ether oxygens (including phenoxy) is 1. The fourth-order valence-corrected chi connectivity index (χ4v) is 4.96. The van der Waals surface area contributed by atoms with Crippen LogP contribution in [0, 0.1) is 25.6 Å². The highest BCUT2D eigenvalue weighted by Gasteiger charge is 2.38. The van der Waals surface area contributed by atoms with Gasteiger partial charge in [-0.25, -0.2) is 9.40 Å². The van der Waals surface area contributed by atoms with Gasteiger partial charge < -0.3 is 9.64 Å². The van der Waals surface area contributed by atoms with Gasteiger partial charge >= 0.3 is 0 Å². The summed E-state index contributed by atoms with van der Waals surface area (Å²) in [5, 5.41) is 6.29. The Hall–Kier alpha value is -3.10. The standard InChI is InChI=1S/C29H35FN4O3/c1-20-3-4-24(17-21(20)2)26-18-27(22-7-9-25(30)10-8-22)34(31-26)28(35)19-33(29(36)23-5-6-23)12-11-32-13-15-37-16-14-32/h3-4,7-10,17,23,27H,5-6,11-16,18-19H2,1-2H3/t27-/m1/s1. The molecule has 2 amide bonds. The molecule has 2 fully saturated rings. The summed E-state index contributed by atoms with van der Waals surface area (Å²) in [5.41, 5.74) is 4.97. The molecule has 5 rings (SSSR count). The van der Waals surface area contributed by atoms with Gasteiger partial charge in [0.2, 0.25) is 5.91 Å². The third-order valence-corrected chi connectivity index (χ3v) is 7.62. The van der Waals surface area contributed by atoms with Crippen LogP contribution in [0.5, 0.6) is 0 Å². The van der Waals surface area contributed by atoms with E-state index < -0.39 is 0 Å². The van der Waals surface area contributed by atoms with Gasteiger partial charge in [0.05, 0.1) is 25.0 Å². The highest BCUT2D eigenvalue weighted by Crippen LogP contribution is 2.34. The number of hydrazone groups is 1. The molecule has 1 atom stereocenters. The van der Waals surface area contributed by atoms with Gasteiger partial charge in [-0.15, -0.1) is 0 Å². The summed E-state index contributed by atoms with van der Waals surface area (Å²) in [4.78, 5) is 30.8. The minimum absolute atomic E-state index is 0.0128. The number of aryl methyl sites for hydroxylation is 2. The topological polar surface area (TPSA) is 65.5 Å². The van der Waals surface area contributed by atoms with Gasteiger partial charge in [-0.05, 0) is 67.1 Å². The number of benzene rings is 2. The average molecular weight is 507 g/mol. The van der Waals surface area contributed by atoms with Gasteiger partial charge in [-0.2, -0.15) is 5.10 Å². The first-order valence-electron chi connectivity index (χ1n) is 13.2. The summed E-state index contributed by atoms with van der Waals surface area (Å²) in [6.45, 7) is 8.39. The van der Waals surface area contributed by atoms with Crippen molar-refractivity contribution in [2.75, 3.05) is 45.9 Å². The normalized spacial score (nSPS) is 20.1. The van der Waals surface area contributed by atoms with Gasteiger partial charge in [0.1, 0.15) is 12.4 Å². The molecular formula is C29H35FN4O3. The molecule has 1 saturated carbocycles. The first-order chi connectivity index (χ1) is 17.9. The highest BCUT2D eigenvalue weighted by atomic mass is 19.1. The fraction of sp³-hybridized carbons (Fsp3) is 0.483. The minimum atomic E-state index is -0.346. The van der Waals surface area contributed by atoms with Crippen molar-refractivity contribution in [1.29, 1.82) is 0 Å². The molecule has 2 aromatic rings. The molecule has 1 saturated heterocycles. The SMILES string of the molecule is Cc1ccc(C2=NN(C(=O)CN(CCN3CCOCC3)C(=O)C3CC3)[C@@H](c3ccc(F)cc3)C2)cc1C. The molecule has 3 aliphatic rings. The average Bonchev–Trinajstić information content (AvgIpc) is 3.67. The lowest BCUT2D eigenvalue weighted by Crippen LogP contribution is -2.47. The quantitative estimate of drug-likeness (QED) is 0.548. The molecule has 37 heavy (non-hydrogen) atoms. The molecule has 196 valence electrons. The Bertz CT molecular complexity index is 1170. The Morgan fingerprint density at radius 3 is 2.46 bits per heavy atom. The molecule has 0 N–H and O–H groups in total. The first-order valence-corrected chi connectivity index (χ1v) is 13.2. The number of halogens is 1. The fourth-order valence-electron chi connectivity index (χ4n) is 4.96. The third kappa shape index (κ3) is 6.08. The van der Waals surface area contributed by atoms with Crippen molar-refractivity contribution in [3.05, 3.63) is 70.5 Å². The lowest BCUT2D eigenvalue weighted by Gasteiger charge is -2.31. The lowest BCUT2D eigenvalue weighted by molar-refractivity contribution is -0.142. The van der Waals surface area contributed by atoms with Gasteiger partial charge in [0.15, 0.2) is 0 Å². The number of carbonyl (C=O) groups excluding carboxylic acids is 2. The Balaban J connectivity index is 1.37. The van der Waals surface area contributed by atoms with Crippen molar-refractivity contribution in [2.45, 2.75) is 39.2 Å². The number of rotatable bonds is 8. The van der Waals surface area contributed by atoms with Crippen LogP contribution in [0.3, 0.4) is 0 Å². The van der Waals surface area contributed by atoms with Gasteiger partial charge in [-0.1, -0.05) is 24.3 Å². The third-order valence-electron chi connectivity index (χ3n) is 7.62. The number of amides is 2. The van der Waals surface area contributed by atoms with Crippen LogP contribution in [-0.4, -0.2) is 78.3 Å². The van der Waals surface area contributed by atoms with Crippen LogP contribution in [0.15, 0.2) is 47.6 Å². The smallest absolute Gasteiger partial charge is 0.262 e. The van der Waals surface area contributed by atoms with Gasteiger partial charge in [0.25, 0.3) is 5.91 Å². The number of hydrogen-bond acceptors (Lipinski definition) is 5. The van der Waals surface area contributed by atoms with E-state index in [0.29, 0.717) is 32.7 Å². The molecule has 0 spiro atoms. The van der Waals surface area contributed by atoms with Crippen LogP contribution in [0.2, 0.25) is 0 Å². The van der Waals surface area contributed by atoms with Crippen molar-refractivity contribution >= 4 is 17.5 Å². The van der Waals surface area contributed by atoms with E-state index in [-0.39, 0.29) is 36.1 Å². The Morgan fingerprint density at radius 2 is 1.78 bits per heavy atom. The van der Waals surface area contributed by atoms with Crippen LogP contribution < -0.4 is 0 Å². The molecule has 1 aliphatic carbocycles. The van der Waals surface area contributed by atoms with E-state index in [4.69, 9.17) is 9.84 Å². The second-order valence-corrected chi connectivity index (χ2v) is 10.3. The molecule has 7 nitrogen and oxygen atoms in total. The second-order valence-electron chi connectivity index (χ2n) is 10.3. The van der Waals surface area contributed by atoms with E-state index in [1.165, 1.54) is 22.7 Å². The maximum Gasteiger partial charge on any atom is 0.262 e. The van der Waals surface area contributed by atoms with Crippen LogP contribution in [0.25, 0.3) is 0 Å². The molecule has 0 bridgehead atoms. The Kier molecular flexibility index (Phi) is 7.67. The first kappa shape index (κ1) is 25.5. The van der Waals surface area contributed by atoms with Gasteiger partial charge in [-0.3, -0.25) is 14.5 Å². The maximum absolute atomic E-state index is 13.7. The second kappa shape index (κ2) is 11.1. The van der Waals surface area contributed by atoms with E-state index in [1.807, 2.05) is 6.07 Å². The molecule has 2 aromatic carbocycles. The van der Waals surface area contributed by atoms with Crippen LogP contribution in [0.4, 0.5) is 4.39 Å². The summed E-state index contributed by atoms with van der Waals surface area (Å²) in [7, 11) is 0. The molecular weight excluding hydrogens is 471 g/mol.